The predicted molar refractivity (Wildman–Crippen MR) is 77.3 cm³/mol. The molecule has 2 aromatic rings. The maximum absolute atomic E-state index is 9.76. The molecule has 1 aromatic carbocycles. The van der Waals surface area contributed by atoms with E-state index < -0.39 is 24.9 Å². The van der Waals surface area contributed by atoms with Crippen LogP contribution >= 0.6 is 23.2 Å². The Labute approximate surface area is 129 Å². The summed E-state index contributed by atoms with van der Waals surface area (Å²) in [6, 6.07) is 3.49. The summed E-state index contributed by atoms with van der Waals surface area (Å²) in [6.45, 7) is -0.688. The summed E-state index contributed by atoms with van der Waals surface area (Å²) in [7, 11) is 0. The smallest absolute Gasteiger partial charge is 0.151 e. The summed E-state index contributed by atoms with van der Waals surface area (Å²) in [4.78, 5) is 16.7. The van der Waals surface area contributed by atoms with Gasteiger partial charge in [-0.3, -0.25) is 0 Å². The van der Waals surface area contributed by atoms with Crippen LogP contribution in [-0.2, 0) is 4.79 Å². The Morgan fingerprint density at radius 3 is 2.43 bits per heavy atom. The molecule has 0 aliphatic carbocycles. The summed E-state index contributed by atoms with van der Waals surface area (Å²) in [5, 5.41) is 35.1. The van der Waals surface area contributed by atoms with E-state index in [-0.39, 0.29) is 6.29 Å². The van der Waals surface area contributed by atoms with Crippen LogP contribution in [0.2, 0.25) is 10.0 Å². The minimum absolute atomic E-state index is 0.0869. The van der Waals surface area contributed by atoms with Crippen molar-refractivity contribution in [2.75, 3.05) is 6.61 Å². The second-order valence-corrected chi connectivity index (χ2v) is 4.87. The maximum atomic E-state index is 9.76. The first-order valence-electron chi connectivity index (χ1n) is 5.79. The fourth-order valence-corrected chi connectivity index (χ4v) is 1.67. The zero-order chi connectivity index (χ0) is 16.0. The van der Waals surface area contributed by atoms with Crippen molar-refractivity contribution in [3.05, 3.63) is 28.5 Å². The standard InChI is InChI=1S/C7H4Cl2N2.C5H10O5/c8-4-1-6-7(2-5(4)9)11-3-10-6;6-1-3(8)5(10)4(9)2-7/h1-3H,(H,10,11);1,3-5,7-10H,2H2/t;3-,4+,5-/m.0/s1. The Kier molecular flexibility index (Phi) is 7.03. The Morgan fingerprint density at radius 1 is 1.24 bits per heavy atom. The lowest BCUT2D eigenvalue weighted by Crippen LogP contribution is -2.40. The zero-order valence-corrected chi connectivity index (χ0v) is 12.2. The Morgan fingerprint density at radius 2 is 1.86 bits per heavy atom. The van der Waals surface area contributed by atoms with Crippen molar-refractivity contribution < 1.29 is 25.2 Å². The van der Waals surface area contributed by atoms with E-state index in [0.717, 1.165) is 11.0 Å². The number of aliphatic hydroxyl groups excluding tert-OH is 4. The molecule has 0 aliphatic rings. The molecule has 0 amide bonds. The van der Waals surface area contributed by atoms with Gasteiger partial charge in [0, 0.05) is 0 Å². The molecule has 0 fully saturated rings. The molecule has 2 rings (SSSR count). The molecule has 0 aliphatic heterocycles. The first kappa shape index (κ1) is 17.8. The van der Waals surface area contributed by atoms with E-state index in [1.54, 1.807) is 18.5 Å². The predicted octanol–water partition coefficient (Wildman–Crippen LogP) is 0.130. The van der Waals surface area contributed by atoms with E-state index in [9.17, 15) is 4.79 Å². The van der Waals surface area contributed by atoms with Crippen LogP contribution in [0, 0.1) is 0 Å². The lowest BCUT2D eigenvalue weighted by Gasteiger charge is -2.16. The summed E-state index contributed by atoms with van der Waals surface area (Å²) in [5.74, 6) is 0. The number of rotatable bonds is 4. The van der Waals surface area contributed by atoms with Crippen molar-refractivity contribution >= 4 is 40.5 Å². The Hall–Kier alpha value is -1.22. The molecule has 116 valence electrons. The van der Waals surface area contributed by atoms with Crippen LogP contribution < -0.4 is 0 Å². The van der Waals surface area contributed by atoms with Gasteiger partial charge in [0.25, 0.3) is 0 Å². The third-order valence-electron chi connectivity index (χ3n) is 2.53. The van der Waals surface area contributed by atoms with Crippen LogP contribution in [0.15, 0.2) is 18.5 Å². The van der Waals surface area contributed by atoms with Crippen molar-refractivity contribution in [3.63, 3.8) is 0 Å². The van der Waals surface area contributed by atoms with Gasteiger partial charge in [0.05, 0.1) is 34.0 Å². The molecule has 21 heavy (non-hydrogen) atoms. The highest BCUT2D eigenvalue weighted by Crippen LogP contribution is 2.25. The van der Waals surface area contributed by atoms with Crippen LogP contribution in [0.3, 0.4) is 0 Å². The number of carbonyl (C=O) groups excluding carboxylic acids is 1. The lowest BCUT2D eigenvalue weighted by atomic mass is 10.1. The highest BCUT2D eigenvalue weighted by Gasteiger charge is 2.22. The molecule has 0 spiro atoms. The number of aldehydes is 1. The van der Waals surface area contributed by atoms with Gasteiger partial charge in [0.1, 0.15) is 18.3 Å². The summed E-state index contributed by atoms with van der Waals surface area (Å²) < 4.78 is 0. The monoisotopic (exact) mass is 336 g/mol. The number of nitrogens with one attached hydrogen (secondary N) is 1. The first-order chi connectivity index (χ1) is 9.90. The molecule has 5 N–H and O–H groups in total. The molecule has 1 aromatic heterocycles. The third kappa shape index (κ3) is 4.92. The minimum atomic E-state index is -1.64. The topological polar surface area (TPSA) is 127 Å². The molecule has 7 nitrogen and oxygen atoms in total. The van der Waals surface area contributed by atoms with E-state index >= 15 is 0 Å². The average molecular weight is 337 g/mol. The number of benzene rings is 1. The molecule has 0 unspecified atom stereocenters. The van der Waals surface area contributed by atoms with Crippen molar-refractivity contribution in [3.8, 4) is 0 Å². The molecule has 3 atom stereocenters. The van der Waals surface area contributed by atoms with Crippen LogP contribution in [-0.4, -0.2) is 61.6 Å². The quantitative estimate of drug-likeness (QED) is 0.505. The van der Waals surface area contributed by atoms with Gasteiger partial charge in [0.15, 0.2) is 6.29 Å². The third-order valence-corrected chi connectivity index (χ3v) is 3.26. The highest BCUT2D eigenvalue weighted by atomic mass is 35.5. The van der Waals surface area contributed by atoms with Crippen molar-refractivity contribution in [1.82, 2.24) is 9.97 Å². The largest absolute Gasteiger partial charge is 0.394 e. The van der Waals surface area contributed by atoms with E-state index in [2.05, 4.69) is 9.97 Å². The van der Waals surface area contributed by atoms with Crippen LogP contribution in [0.4, 0.5) is 0 Å². The molecule has 0 saturated heterocycles. The van der Waals surface area contributed by atoms with Crippen molar-refractivity contribution in [1.29, 1.82) is 0 Å². The lowest BCUT2D eigenvalue weighted by molar-refractivity contribution is -0.127. The minimum Gasteiger partial charge on any atom is -0.394 e. The summed E-state index contributed by atoms with van der Waals surface area (Å²) >= 11 is 11.5. The number of imidazole rings is 1. The molecule has 9 heteroatoms. The molecule has 0 bridgehead atoms. The number of hydrogen-bond donors (Lipinski definition) is 5. The van der Waals surface area contributed by atoms with E-state index in [1.165, 1.54) is 0 Å². The van der Waals surface area contributed by atoms with Gasteiger partial charge in [-0.05, 0) is 12.1 Å². The van der Waals surface area contributed by atoms with Gasteiger partial charge in [-0.15, -0.1) is 0 Å². The van der Waals surface area contributed by atoms with Gasteiger partial charge >= 0.3 is 0 Å². The molecule has 1 heterocycles. The second-order valence-electron chi connectivity index (χ2n) is 4.05. The number of fused-ring (bicyclic) bond motifs is 1. The fraction of sp³-hybridized carbons (Fsp3) is 0.333. The number of H-pyrrole nitrogens is 1. The average Bonchev–Trinajstić information content (AvgIpc) is 2.93. The SMILES string of the molecule is Clc1cc2nc[nH]c2cc1Cl.O=C[C@H](O)[C@H](O)[C@H](O)CO. The number of halogens is 2. The molecule has 0 saturated carbocycles. The molecule has 0 radical (unpaired) electrons. The normalized spacial score (nSPS) is 15.0. The highest BCUT2D eigenvalue weighted by molar-refractivity contribution is 6.42. The zero-order valence-electron chi connectivity index (χ0n) is 10.6. The Bertz CT molecular complexity index is 556. The number of nitrogens with zero attached hydrogens (tertiary/aromatic N) is 1. The first-order valence-corrected chi connectivity index (χ1v) is 6.54. The van der Waals surface area contributed by atoms with Gasteiger partial charge in [-0.25, -0.2) is 4.98 Å². The van der Waals surface area contributed by atoms with Crippen molar-refractivity contribution in [2.45, 2.75) is 18.3 Å². The van der Waals surface area contributed by atoms with Gasteiger partial charge in [-0.1, -0.05) is 23.2 Å². The summed E-state index contributed by atoms with van der Waals surface area (Å²) in [5.41, 5.74) is 1.74. The van der Waals surface area contributed by atoms with Crippen molar-refractivity contribution in [2.24, 2.45) is 0 Å². The second kappa shape index (κ2) is 8.28. The Balaban J connectivity index is 0.000000212. The van der Waals surface area contributed by atoms with Gasteiger partial charge < -0.3 is 30.2 Å². The molecular weight excluding hydrogens is 323 g/mol. The number of hydrogen-bond acceptors (Lipinski definition) is 6. The van der Waals surface area contributed by atoms with Crippen LogP contribution in [0.1, 0.15) is 0 Å². The summed E-state index contributed by atoms with van der Waals surface area (Å²) in [6.07, 6.45) is -3.02. The van der Waals surface area contributed by atoms with E-state index in [1.807, 2.05) is 0 Å². The number of aliphatic hydroxyl groups is 4. The molecular formula is C12H14Cl2N2O5. The van der Waals surface area contributed by atoms with E-state index in [4.69, 9.17) is 43.6 Å². The van der Waals surface area contributed by atoms with Crippen LogP contribution in [0.25, 0.3) is 11.0 Å². The fourth-order valence-electron chi connectivity index (χ4n) is 1.35. The number of aromatic amines is 1. The van der Waals surface area contributed by atoms with Crippen LogP contribution in [0.5, 0.6) is 0 Å². The van der Waals surface area contributed by atoms with E-state index in [0.29, 0.717) is 10.0 Å². The van der Waals surface area contributed by atoms with Gasteiger partial charge in [0.2, 0.25) is 0 Å². The number of aromatic nitrogens is 2. The maximum Gasteiger partial charge on any atom is 0.151 e. The van der Waals surface area contributed by atoms with Gasteiger partial charge in [-0.2, -0.15) is 0 Å². The number of carbonyl (C=O) groups is 1.